The molecule has 70 heavy (non-hydrogen) atoms. The van der Waals surface area contributed by atoms with Crippen molar-refractivity contribution in [2.24, 2.45) is 0 Å². The smallest absolute Gasteiger partial charge is 0.127 e. The standard InChI is InChI=1S/C66H44F3N/c1-3-43-21-29-47(30-22-43)65(59-17-9-11-19-63(59)68)57-15-7-5-13-53(57)55-39-37-51(41-61(55)65)70(50-35-27-46(28-36-50)45-25-33-49(67)34-26-45)52-38-40-56-54-14-6-8-16-58(54)66(62(56)42-52,60-18-10-12-20-64(60)69)48-31-23-44(4-2)24-32-48/h3-42H,1-2H2. The molecule has 0 aliphatic heterocycles. The molecule has 0 bridgehead atoms. The Labute approximate surface area is 406 Å². The van der Waals surface area contributed by atoms with Crippen LogP contribution in [0, 0.1) is 17.5 Å². The Hall–Kier alpha value is -8.73. The maximum atomic E-state index is 16.9. The summed E-state index contributed by atoms with van der Waals surface area (Å²) in [5.74, 6) is -0.906. The van der Waals surface area contributed by atoms with Crippen molar-refractivity contribution in [3.05, 3.63) is 317 Å². The predicted molar refractivity (Wildman–Crippen MR) is 281 cm³/mol. The zero-order chi connectivity index (χ0) is 47.6. The lowest BCUT2D eigenvalue weighted by Crippen LogP contribution is -2.30. The summed E-state index contributed by atoms with van der Waals surface area (Å²) in [4.78, 5) is 2.24. The van der Waals surface area contributed by atoms with Crippen molar-refractivity contribution in [3.8, 4) is 33.4 Å². The number of fused-ring (bicyclic) bond motifs is 6. The molecular weight excluding hydrogens is 864 g/mol. The third-order valence-electron chi connectivity index (χ3n) is 14.6. The van der Waals surface area contributed by atoms with Crippen molar-refractivity contribution < 1.29 is 13.2 Å². The van der Waals surface area contributed by atoms with Gasteiger partial charge in [0.2, 0.25) is 0 Å². The Morgan fingerprint density at radius 1 is 0.329 bits per heavy atom. The van der Waals surface area contributed by atoms with E-state index in [0.717, 1.165) is 95.0 Å². The van der Waals surface area contributed by atoms with Gasteiger partial charge in [-0.2, -0.15) is 0 Å². The van der Waals surface area contributed by atoms with E-state index in [1.54, 1.807) is 36.4 Å². The van der Waals surface area contributed by atoms with Gasteiger partial charge < -0.3 is 4.90 Å². The van der Waals surface area contributed by atoms with Gasteiger partial charge in [0.1, 0.15) is 17.5 Å². The predicted octanol–water partition coefficient (Wildman–Crippen LogP) is 17.3. The lowest BCUT2D eigenvalue weighted by Gasteiger charge is -2.36. The number of benzene rings is 10. The summed E-state index contributed by atoms with van der Waals surface area (Å²) in [6, 6.07) is 75.2. The second-order valence-corrected chi connectivity index (χ2v) is 18.1. The van der Waals surface area contributed by atoms with Gasteiger partial charge in [0.25, 0.3) is 0 Å². The highest BCUT2D eigenvalue weighted by Gasteiger charge is 2.49. The molecule has 10 aromatic rings. The molecule has 2 atom stereocenters. The second-order valence-electron chi connectivity index (χ2n) is 18.1. The summed E-state index contributed by atoms with van der Waals surface area (Å²) < 4.78 is 47.9. The number of hydrogen-bond donors (Lipinski definition) is 0. The van der Waals surface area contributed by atoms with Crippen molar-refractivity contribution in [2.45, 2.75) is 10.8 Å². The summed E-state index contributed by atoms with van der Waals surface area (Å²) >= 11 is 0. The largest absolute Gasteiger partial charge is 0.310 e. The third-order valence-corrected chi connectivity index (χ3v) is 14.6. The van der Waals surface area contributed by atoms with Crippen LogP contribution in [0.1, 0.15) is 55.6 Å². The molecule has 0 fully saturated rings. The minimum atomic E-state index is -1.04. The fourth-order valence-corrected chi connectivity index (χ4v) is 11.5. The lowest BCUT2D eigenvalue weighted by molar-refractivity contribution is 0.584. The molecule has 2 unspecified atom stereocenters. The van der Waals surface area contributed by atoms with Gasteiger partial charge in [0.05, 0.1) is 10.8 Å². The van der Waals surface area contributed by atoms with E-state index >= 15 is 8.78 Å². The van der Waals surface area contributed by atoms with Crippen LogP contribution in [0.4, 0.5) is 30.2 Å². The van der Waals surface area contributed by atoms with E-state index in [1.165, 1.54) is 12.1 Å². The van der Waals surface area contributed by atoms with E-state index in [1.807, 2.05) is 84.9 Å². The summed E-state index contributed by atoms with van der Waals surface area (Å²) in [6.45, 7) is 8.04. The molecule has 12 rings (SSSR count). The number of halogens is 3. The van der Waals surface area contributed by atoms with Crippen molar-refractivity contribution >= 4 is 29.2 Å². The zero-order valence-corrected chi connectivity index (χ0v) is 38.1. The molecule has 0 saturated heterocycles. The van der Waals surface area contributed by atoms with E-state index in [0.29, 0.717) is 11.1 Å². The normalized spacial score (nSPS) is 16.2. The fourth-order valence-electron chi connectivity index (χ4n) is 11.5. The molecule has 4 heteroatoms. The quantitative estimate of drug-likeness (QED) is 0.132. The molecule has 0 radical (unpaired) electrons. The first-order valence-corrected chi connectivity index (χ1v) is 23.5. The highest BCUT2D eigenvalue weighted by Crippen LogP contribution is 2.60. The van der Waals surface area contributed by atoms with Crippen LogP contribution in [0.3, 0.4) is 0 Å². The third kappa shape index (κ3) is 6.40. The second kappa shape index (κ2) is 16.8. The van der Waals surface area contributed by atoms with Crippen LogP contribution in [0.5, 0.6) is 0 Å². The minimum absolute atomic E-state index is 0.296. The van der Waals surface area contributed by atoms with Gasteiger partial charge >= 0.3 is 0 Å². The molecular formula is C66H44F3N. The fraction of sp³-hybridized carbons (Fsp3) is 0.0303. The van der Waals surface area contributed by atoms with Gasteiger partial charge in [0.15, 0.2) is 0 Å². The number of nitrogens with zero attached hydrogens (tertiary/aromatic N) is 1. The Morgan fingerprint density at radius 3 is 1.10 bits per heavy atom. The first kappa shape index (κ1) is 42.6. The van der Waals surface area contributed by atoms with Gasteiger partial charge in [0, 0.05) is 28.2 Å². The first-order valence-electron chi connectivity index (χ1n) is 23.5. The highest BCUT2D eigenvalue weighted by molar-refractivity contribution is 5.92. The van der Waals surface area contributed by atoms with Crippen molar-refractivity contribution in [3.63, 3.8) is 0 Å². The van der Waals surface area contributed by atoms with Crippen LogP contribution in [0.15, 0.2) is 244 Å². The van der Waals surface area contributed by atoms with Crippen LogP contribution < -0.4 is 4.90 Å². The Kier molecular flexibility index (Phi) is 10.2. The molecule has 0 aromatic heterocycles. The SMILES string of the molecule is C=Cc1ccc(C2(c3ccccc3F)c3ccccc3-c3ccc(N(c4ccc(-c5ccc(F)cc5)cc4)c4ccc5c(c4)C(c4ccc(C=C)cc4)(c4ccccc4F)c4ccccc4-5)cc32)cc1. The average molecular weight is 908 g/mol. The molecule has 0 saturated carbocycles. The molecule has 2 aliphatic rings. The summed E-state index contributed by atoms with van der Waals surface area (Å²) in [6.07, 6.45) is 3.64. The van der Waals surface area contributed by atoms with Crippen LogP contribution in [-0.2, 0) is 10.8 Å². The maximum absolute atomic E-state index is 16.9. The molecule has 0 heterocycles. The van der Waals surface area contributed by atoms with Gasteiger partial charge in [-0.15, -0.1) is 0 Å². The van der Waals surface area contributed by atoms with Crippen molar-refractivity contribution in [2.75, 3.05) is 4.90 Å². The summed E-state index contributed by atoms with van der Waals surface area (Å²) in [7, 11) is 0. The molecule has 0 spiro atoms. The Morgan fingerprint density at radius 2 is 0.686 bits per heavy atom. The Bertz CT molecular complexity index is 3470. The van der Waals surface area contributed by atoms with Crippen molar-refractivity contribution in [1.29, 1.82) is 0 Å². The molecule has 334 valence electrons. The van der Waals surface area contributed by atoms with Gasteiger partial charge in [-0.25, -0.2) is 13.2 Å². The van der Waals surface area contributed by atoms with E-state index < -0.39 is 10.8 Å². The minimum Gasteiger partial charge on any atom is -0.310 e. The van der Waals surface area contributed by atoms with E-state index in [-0.39, 0.29) is 17.5 Å². The van der Waals surface area contributed by atoms with Gasteiger partial charge in [-0.3, -0.25) is 0 Å². The van der Waals surface area contributed by atoms with Crippen LogP contribution in [0.25, 0.3) is 45.5 Å². The van der Waals surface area contributed by atoms with E-state index in [4.69, 9.17) is 0 Å². The molecule has 0 amide bonds. The van der Waals surface area contributed by atoms with Gasteiger partial charge in [-0.1, -0.05) is 195 Å². The lowest BCUT2D eigenvalue weighted by atomic mass is 9.67. The van der Waals surface area contributed by atoms with Crippen molar-refractivity contribution in [1.82, 2.24) is 0 Å². The highest BCUT2D eigenvalue weighted by atomic mass is 19.1. The molecule has 1 nitrogen and oxygen atoms in total. The zero-order valence-electron chi connectivity index (χ0n) is 38.1. The van der Waals surface area contributed by atoms with E-state index in [9.17, 15) is 4.39 Å². The Balaban J connectivity index is 1.14. The van der Waals surface area contributed by atoms with Crippen LogP contribution in [0.2, 0.25) is 0 Å². The van der Waals surface area contributed by atoms with Crippen LogP contribution >= 0.6 is 0 Å². The first-order chi connectivity index (χ1) is 34.3. The number of hydrogen-bond acceptors (Lipinski definition) is 1. The van der Waals surface area contributed by atoms with Gasteiger partial charge in [-0.05, 0) is 139 Å². The van der Waals surface area contributed by atoms with Crippen LogP contribution in [-0.4, -0.2) is 0 Å². The maximum Gasteiger partial charge on any atom is 0.127 e. The molecule has 2 aliphatic carbocycles. The molecule has 10 aromatic carbocycles. The summed E-state index contributed by atoms with van der Waals surface area (Å²) in [5, 5.41) is 0. The number of rotatable bonds is 10. The average Bonchev–Trinajstić information content (AvgIpc) is 3.87. The number of anilines is 3. The topological polar surface area (TPSA) is 3.24 Å². The van der Waals surface area contributed by atoms with E-state index in [2.05, 4.69) is 127 Å². The monoisotopic (exact) mass is 907 g/mol. The summed E-state index contributed by atoms with van der Waals surface area (Å²) in [5.41, 5.74) is 15.1. The molecule has 0 N–H and O–H groups in total.